The van der Waals surface area contributed by atoms with Crippen molar-refractivity contribution in [2.24, 2.45) is 11.3 Å². The minimum atomic E-state index is -0.611. The first-order valence-corrected chi connectivity index (χ1v) is 6.00. The molecule has 1 heterocycles. The fourth-order valence-corrected chi connectivity index (χ4v) is 2.59. The highest BCUT2D eigenvalue weighted by molar-refractivity contribution is 5.70. The largest absolute Gasteiger partial charge is 0.481 e. The minimum absolute atomic E-state index is 0.0968. The third-order valence-corrected chi connectivity index (χ3v) is 4.47. The van der Waals surface area contributed by atoms with Gasteiger partial charge in [0.2, 0.25) is 0 Å². The van der Waals surface area contributed by atoms with Crippen molar-refractivity contribution in [1.29, 1.82) is 0 Å². The van der Waals surface area contributed by atoms with Gasteiger partial charge in [-0.15, -0.1) is 0 Å². The van der Waals surface area contributed by atoms with Gasteiger partial charge in [-0.25, -0.2) is 0 Å². The molecule has 2 fully saturated rings. The maximum Gasteiger partial charge on any atom is 0.306 e. The predicted molar refractivity (Wildman–Crippen MR) is 58.7 cm³/mol. The van der Waals surface area contributed by atoms with Crippen LogP contribution < -0.4 is 0 Å². The smallest absolute Gasteiger partial charge is 0.306 e. The zero-order valence-corrected chi connectivity index (χ0v) is 9.70. The van der Waals surface area contributed by atoms with Crippen molar-refractivity contribution in [3.8, 4) is 0 Å². The van der Waals surface area contributed by atoms with Crippen LogP contribution in [-0.2, 0) is 4.79 Å². The van der Waals surface area contributed by atoms with Crippen LogP contribution in [0.25, 0.3) is 0 Å². The van der Waals surface area contributed by atoms with Gasteiger partial charge < -0.3 is 10.0 Å². The second-order valence-corrected chi connectivity index (χ2v) is 5.48. The van der Waals surface area contributed by atoms with Gasteiger partial charge in [0, 0.05) is 6.04 Å². The fourth-order valence-electron chi connectivity index (χ4n) is 2.59. The second-order valence-electron chi connectivity index (χ2n) is 5.48. The summed E-state index contributed by atoms with van der Waals surface area (Å²) in [5.41, 5.74) is 0.524. The zero-order chi connectivity index (χ0) is 11.1. The van der Waals surface area contributed by atoms with Crippen molar-refractivity contribution in [2.75, 3.05) is 13.1 Å². The number of carboxylic acids is 1. The van der Waals surface area contributed by atoms with Crippen molar-refractivity contribution in [2.45, 2.75) is 45.6 Å². The molecule has 15 heavy (non-hydrogen) atoms. The van der Waals surface area contributed by atoms with Gasteiger partial charge in [-0.2, -0.15) is 0 Å². The Morgan fingerprint density at radius 1 is 1.40 bits per heavy atom. The SMILES string of the molecule is CC(N1CCC(C(=O)O)CC1)C1(C)CC1. The van der Waals surface area contributed by atoms with Gasteiger partial charge in [0.15, 0.2) is 0 Å². The average molecular weight is 211 g/mol. The Balaban J connectivity index is 1.85. The number of aliphatic carboxylic acids is 1. The van der Waals surface area contributed by atoms with Crippen molar-refractivity contribution >= 4 is 5.97 Å². The molecule has 2 aliphatic rings. The molecule has 0 radical (unpaired) electrons. The van der Waals surface area contributed by atoms with Crippen LogP contribution in [0.1, 0.15) is 39.5 Å². The van der Waals surface area contributed by atoms with Crippen LogP contribution in [0.4, 0.5) is 0 Å². The van der Waals surface area contributed by atoms with E-state index in [1.165, 1.54) is 12.8 Å². The molecule has 1 saturated heterocycles. The standard InChI is InChI=1S/C12H21NO2/c1-9(12(2)5-6-12)13-7-3-10(4-8-13)11(14)15/h9-10H,3-8H2,1-2H3,(H,14,15). The number of rotatable bonds is 3. The number of nitrogens with zero attached hydrogens (tertiary/aromatic N) is 1. The van der Waals surface area contributed by atoms with E-state index in [2.05, 4.69) is 18.7 Å². The summed E-state index contributed by atoms with van der Waals surface area (Å²) in [7, 11) is 0. The van der Waals surface area contributed by atoms with Gasteiger partial charge in [-0.3, -0.25) is 4.79 Å². The first kappa shape index (κ1) is 10.9. The molecule has 3 heteroatoms. The van der Waals surface area contributed by atoms with E-state index in [1.807, 2.05) is 0 Å². The molecule has 0 aromatic heterocycles. The lowest BCUT2D eigenvalue weighted by Gasteiger charge is -2.37. The van der Waals surface area contributed by atoms with Crippen LogP contribution in [0, 0.1) is 11.3 Å². The molecule has 0 bridgehead atoms. The van der Waals surface area contributed by atoms with E-state index >= 15 is 0 Å². The Bertz CT molecular complexity index is 252. The van der Waals surface area contributed by atoms with Gasteiger partial charge in [0.05, 0.1) is 5.92 Å². The minimum Gasteiger partial charge on any atom is -0.481 e. The van der Waals surface area contributed by atoms with Crippen LogP contribution >= 0.6 is 0 Å². The molecule has 0 amide bonds. The van der Waals surface area contributed by atoms with Crippen LogP contribution in [0.5, 0.6) is 0 Å². The van der Waals surface area contributed by atoms with Gasteiger partial charge in [0.1, 0.15) is 0 Å². The van der Waals surface area contributed by atoms with E-state index in [0.29, 0.717) is 11.5 Å². The maximum absolute atomic E-state index is 10.8. The summed E-state index contributed by atoms with van der Waals surface area (Å²) in [6.45, 7) is 6.58. The Morgan fingerprint density at radius 3 is 2.33 bits per heavy atom. The molecule has 1 N–H and O–H groups in total. The summed E-state index contributed by atoms with van der Waals surface area (Å²) >= 11 is 0. The highest BCUT2D eigenvalue weighted by atomic mass is 16.4. The monoisotopic (exact) mass is 211 g/mol. The summed E-state index contributed by atoms with van der Waals surface area (Å²) in [4.78, 5) is 13.3. The summed E-state index contributed by atoms with van der Waals surface area (Å²) in [5, 5.41) is 8.92. The molecule has 1 saturated carbocycles. The van der Waals surface area contributed by atoms with Crippen LogP contribution in [-0.4, -0.2) is 35.1 Å². The summed E-state index contributed by atoms with van der Waals surface area (Å²) in [5.74, 6) is -0.708. The van der Waals surface area contributed by atoms with Crippen molar-refractivity contribution < 1.29 is 9.90 Å². The molecule has 1 atom stereocenters. The fraction of sp³-hybridized carbons (Fsp3) is 0.917. The van der Waals surface area contributed by atoms with Gasteiger partial charge in [-0.05, 0) is 51.1 Å². The van der Waals surface area contributed by atoms with Crippen LogP contribution in [0.3, 0.4) is 0 Å². The third kappa shape index (κ3) is 2.17. The lowest BCUT2D eigenvalue weighted by atomic mass is 9.92. The van der Waals surface area contributed by atoms with Gasteiger partial charge in [-0.1, -0.05) is 6.92 Å². The van der Waals surface area contributed by atoms with Crippen molar-refractivity contribution in [1.82, 2.24) is 4.90 Å². The second kappa shape index (κ2) is 3.78. The molecule has 2 rings (SSSR count). The number of carbonyl (C=O) groups is 1. The Kier molecular flexibility index (Phi) is 2.75. The quantitative estimate of drug-likeness (QED) is 0.776. The number of hydrogen-bond acceptors (Lipinski definition) is 2. The van der Waals surface area contributed by atoms with E-state index in [-0.39, 0.29) is 5.92 Å². The Morgan fingerprint density at radius 2 is 1.93 bits per heavy atom. The van der Waals surface area contributed by atoms with Crippen LogP contribution in [0.15, 0.2) is 0 Å². The van der Waals surface area contributed by atoms with E-state index in [9.17, 15) is 4.79 Å². The normalized spacial score (nSPS) is 28.7. The summed E-state index contributed by atoms with van der Waals surface area (Å²) in [6, 6.07) is 0.632. The predicted octanol–water partition coefficient (Wildman–Crippen LogP) is 1.97. The first-order chi connectivity index (χ1) is 7.03. The molecule has 1 aliphatic carbocycles. The Labute approximate surface area is 91.5 Å². The molecule has 0 aromatic carbocycles. The van der Waals surface area contributed by atoms with Gasteiger partial charge >= 0.3 is 5.97 Å². The highest BCUT2D eigenvalue weighted by Gasteiger charge is 2.45. The zero-order valence-electron chi connectivity index (χ0n) is 9.70. The van der Waals surface area contributed by atoms with E-state index in [4.69, 9.17) is 5.11 Å². The van der Waals surface area contributed by atoms with E-state index < -0.39 is 5.97 Å². The average Bonchev–Trinajstić information content (AvgIpc) is 2.97. The number of carboxylic acid groups (broad SMARTS) is 1. The lowest BCUT2D eigenvalue weighted by molar-refractivity contribution is -0.143. The molecule has 1 unspecified atom stereocenters. The molecule has 3 nitrogen and oxygen atoms in total. The third-order valence-electron chi connectivity index (χ3n) is 4.47. The molecule has 0 spiro atoms. The topological polar surface area (TPSA) is 40.5 Å². The molecule has 86 valence electrons. The number of likely N-dealkylation sites (tertiary alicyclic amines) is 1. The molecular formula is C12H21NO2. The van der Waals surface area contributed by atoms with Crippen molar-refractivity contribution in [3.05, 3.63) is 0 Å². The Hall–Kier alpha value is -0.570. The highest BCUT2D eigenvalue weighted by Crippen LogP contribution is 2.50. The molecule has 0 aromatic rings. The lowest BCUT2D eigenvalue weighted by Crippen LogP contribution is -2.44. The van der Waals surface area contributed by atoms with Gasteiger partial charge in [0.25, 0.3) is 0 Å². The summed E-state index contributed by atoms with van der Waals surface area (Å²) in [6.07, 6.45) is 4.34. The number of piperidine rings is 1. The maximum atomic E-state index is 10.8. The van der Waals surface area contributed by atoms with E-state index in [0.717, 1.165) is 25.9 Å². The number of hydrogen-bond donors (Lipinski definition) is 1. The van der Waals surface area contributed by atoms with Crippen molar-refractivity contribution in [3.63, 3.8) is 0 Å². The van der Waals surface area contributed by atoms with Crippen LogP contribution in [0.2, 0.25) is 0 Å². The summed E-state index contributed by atoms with van der Waals surface area (Å²) < 4.78 is 0. The first-order valence-electron chi connectivity index (χ1n) is 6.00. The molecule has 1 aliphatic heterocycles. The van der Waals surface area contributed by atoms with E-state index in [1.54, 1.807) is 0 Å². The molecular weight excluding hydrogens is 190 g/mol.